The van der Waals surface area contributed by atoms with Crippen molar-refractivity contribution in [2.75, 3.05) is 51.4 Å². The Morgan fingerprint density at radius 1 is 1.03 bits per heavy atom. The molecular formula is C24H38N6O5. The molecule has 0 spiro atoms. The van der Waals surface area contributed by atoms with E-state index in [2.05, 4.69) is 31.7 Å². The molecule has 0 aromatic heterocycles. The van der Waals surface area contributed by atoms with Gasteiger partial charge in [0.05, 0.1) is 31.9 Å². The van der Waals surface area contributed by atoms with Crippen molar-refractivity contribution in [3.63, 3.8) is 0 Å². The molecule has 1 amide bonds. The van der Waals surface area contributed by atoms with E-state index >= 15 is 0 Å². The molecule has 4 unspecified atom stereocenters. The number of carbonyl (C=O) groups is 1. The molecule has 11 nitrogen and oxygen atoms in total. The number of aliphatic hydroxyl groups is 1. The molecular weight excluding hydrogens is 452 g/mol. The lowest BCUT2D eigenvalue weighted by Gasteiger charge is -2.48. The maximum absolute atomic E-state index is 12.7. The standard InChI is InChI=1S/C24H38N6O5/c31-12-18-13-35-19(15-34-18)14-33-17-7-5-16(6-8-17)26-22-21-20(11-25-29-23(21)32)27-24(28-22)30-9-3-1-2-4-10-30/h5-8,18-22,24-28,31H,1-4,9-15H2,(H,29,32)/t18-,19+,20?,21?,22?,24?/m0/s1. The van der Waals surface area contributed by atoms with Crippen LogP contribution < -0.4 is 31.5 Å². The van der Waals surface area contributed by atoms with Crippen LogP contribution in [0.3, 0.4) is 0 Å². The number of carbonyl (C=O) groups excluding carboxylic acids is 1. The summed E-state index contributed by atoms with van der Waals surface area (Å²) in [4.78, 5) is 15.2. The van der Waals surface area contributed by atoms with E-state index in [0.717, 1.165) is 24.5 Å². The van der Waals surface area contributed by atoms with Crippen molar-refractivity contribution in [2.45, 2.75) is 56.4 Å². The number of nitrogens with zero attached hydrogens (tertiary/aromatic N) is 1. The van der Waals surface area contributed by atoms with E-state index < -0.39 is 0 Å². The topological polar surface area (TPSA) is 128 Å². The van der Waals surface area contributed by atoms with Gasteiger partial charge in [-0.25, -0.2) is 5.43 Å². The molecule has 194 valence electrons. The van der Waals surface area contributed by atoms with E-state index in [1.807, 2.05) is 24.3 Å². The van der Waals surface area contributed by atoms with Gasteiger partial charge >= 0.3 is 0 Å². The van der Waals surface area contributed by atoms with Crippen molar-refractivity contribution < 1.29 is 24.1 Å². The number of fused-ring (bicyclic) bond motifs is 1. The number of aliphatic hydroxyl groups excluding tert-OH is 1. The highest BCUT2D eigenvalue weighted by Crippen LogP contribution is 2.24. The maximum Gasteiger partial charge on any atom is 0.242 e. The summed E-state index contributed by atoms with van der Waals surface area (Å²) in [5, 5.41) is 20.0. The zero-order valence-electron chi connectivity index (χ0n) is 20.1. The Kier molecular flexibility index (Phi) is 8.35. The second kappa shape index (κ2) is 11.8. The molecule has 1 aromatic rings. The Bertz CT molecular complexity index is 813. The third-order valence-electron chi connectivity index (χ3n) is 7.20. The van der Waals surface area contributed by atoms with Crippen LogP contribution in [0.15, 0.2) is 24.3 Å². The fourth-order valence-electron chi connectivity index (χ4n) is 5.21. The summed E-state index contributed by atoms with van der Waals surface area (Å²) in [6, 6.07) is 7.79. The van der Waals surface area contributed by atoms with Crippen LogP contribution >= 0.6 is 0 Å². The van der Waals surface area contributed by atoms with Gasteiger partial charge in [-0.3, -0.25) is 25.8 Å². The van der Waals surface area contributed by atoms with Crippen molar-refractivity contribution in [3.05, 3.63) is 24.3 Å². The van der Waals surface area contributed by atoms with Crippen LogP contribution in [0.4, 0.5) is 5.69 Å². The third-order valence-corrected chi connectivity index (χ3v) is 7.20. The van der Waals surface area contributed by atoms with Crippen LogP contribution in [0.1, 0.15) is 25.7 Å². The first-order valence-corrected chi connectivity index (χ1v) is 12.8. The summed E-state index contributed by atoms with van der Waals surface area (Å²) in [6.45, 7) is 3.92. The second-order valence-electron chi connectivity index (χ2n) is 9.74. The summed E-state index contributed by atoms with van der Waals surface area (Å²) < 4.78 is 17.1. The normalized spacial score (nSPS) is 34.4. The molecule has 4 aliphatic rings. The number of anilines is 1. The predicted octanol–water partition coefficient (Wildman–Crippen LogP) is -0.449. The van der Waals surface area contributed by atoms with Crippen molar-refractivity contribution in [1.29, 1.82) is 0 Å². The Morgan fingerprint density at radius 2 is 1.77 bits per heavy atom. The fraction of sp³-hybridized carbons (Fsp3) is 0.708. The van der Waals surface area contributed by atoms with Crippen molar-refractivity contribution in [2.24, 2.45) is 5.92 Å². The minimum absolute atomic E-state index is 0.0188. The Labute approximate surface area is 206 Å². The number of benzene rings is 1. The van der Waals surface area contributed by atoms with Gasteiger partial charge in [0.2, 0.25) is 5.91 Å². The van der Waals surface area contributed by atoms with Crippen LogP contribution in [-0.4, -0.2) is 92.7 Å². The number of hydrazine groups is 1. The average Bonchev–Trinajstić information content (AvgIpc) is 3.18. The SMILES string of the molecule is O=C1NNCC2NC(N3CCCCCC3)NC(Nc3ccc(OC[C@@H]4CO[C@@H](CO)CO4)cc3)C12. The van der Waals surface area contributed by atoms with Gasteiger partial charge in [-0.05, 0) is 37.1 Å². The summed E-state index contributed by atoms with van der Waals surface area (Å²) in [7, 11) is 0. The van der Waals surface area contributed by atoms with Gasteiger partial charge in [0.1, 0.15) is 30.9 Å². The lowest BCUT2D eigenvalue weighted by Crippen LogP contribution is -2.76. The van der Waals surface area contributed by atoms with Crippen molar-refractivity contribution >= 4 is 11.6 Å². The van der Waals surface area contributed by atoms with Gasteiger partial charge in [0.15, 0.2) is 0 Å². The number of ether oxygens (including phenoxy) is 3. The Balaban J connectivity index is 1.19. The van der Waals surface area contributed by atoms with Crippen LogP contribution in [0, 0.1) is 5.92 Å². The van der Waals surface area contributed by atoms with Crippen LogP contribution in [0.2, 0.25) is 0 Å². The van der Waals surface area contributed by atoms with Gasteiger partial charge < -0.3 is 24.6 Å². The number of nitrogens with one attached hydrogen (secondary N) is 5. The molecule has 11 heteroatoms. The van der Waals surface area contributed by atoms with Gasteiger partial charge in [-0.15, -0.1) is 0 Å². The molecule has 4 aliphatic heterocycles. The molecule has 5 rings (SSSR count). The minimum atomic E-state index is -0.249. The smallest absolute Gasteiger partial charge is 0.242 e. The lowest BCUT2D eigenvalue weighted by atomic mass is 9.91. The summed E-state index contributed by atoms with van der Waals surface area (Å²) >= 11 is 0. The van der Waals surface area contributed by atoms with Crippen LogP contribution in [0.5, 0.6) is 5.75 Å². The van der Waals surface area contributed by atoms with E-state index in [1.165, 1.54) is 25.7 Å². The summed E-state index contributed by atoms with van der Waals surface area (Å²) in [6.07, 6.45) is 4.36. The largest absolute Gasteiger partial charge is 0.491 e. The van der Waals surface area contributed by atoms with E-state index in [1.54, 1.807) is 0 Å². The van der Waals surface area contributed by atoms with E-state index in [0.29, 0.717) is 26.4 Å². The second-order valence-corrected chi connectivity index (χ2v) is 9.74. The molecule has 6 atom stereocenters. The van der Waals surface area contributed by atoms with Crippen molar-refractivity contribution in [3.8, 4) is 5.75 Å². The molecule has 0 saturated carbocycles. The first-order valence-electron chi connectivity index (χ1n) is 12.8. The molecule has 0 radical (unpaired) electrons. The maximum atomic E-state index is 12.7. The zero-order valence-corrected chi connectivity index (χ0v) is 20.1. The molecule has 35 heavy (non-hydrogen) atoms. The molecule has 6 N–H and O–H groups in total. The van der Waals surface area contributed by atoms with E-state index in [9.17, 15) is 4.79 Å². The summed E-state index contributed by atoms with van der Waals surface area (Å²) in [5.74, 6) is 0.467. The van der Waals surface area contributed by atoms with Crippen molar-refractivity contribution in [1.82, 2.24) is 26.4 Å². The van der Waals surface area contributed by atoms with Gasteiger partial charge in [-0.2, -0.15) is 0 Å². The predicted molar refractivity (Wildman–Crippen MR) is 129 cm³/mol. The monoisotopic (exact) mass is 490 g/mol. The van der Waals surface area contributed by atoms with E-state index in [-0.39, 0.29) is 49.1 Å². The fourth-order valence-corrected chi connectivity index (χ4v) is 5.21. The first-order chi connectivity index (χ1) is 17.2. The number of rotatable bonds is 7. The van der Waals surface area contributed by atoms with E-state index in [4.69, 9.17) is 19.3 Å². The third kappa shape index (κ3) is 6.23. The Morgan fingerprint density at radius 3 is 2.49 bits per heavy atom. The number of likely N-dealkylation sites (tertiary alicyclic amines) is 1. The molecule has 0 bridgehead atoms. The highest BCUT2D eigenvalue weighted by Gasteiger charge is 2.44. The minimum Gasteiger partial charge on any atom is -0.491 e. The molecule has 0 aliphatic carbocycles. The first kappa shape index (κ1) is 24.7. The van der Waals surface area contributed by atoms with Crippen LogP contribution in [-0.2, 0) is 14.3 Å². The molecule has 1 aromatic carbocycles. The van der Waals surface area contributed by atoms with Gasteiger partial charge in [-0.1, -0.05) is 12.8 Å². The molecule has 4 saturated heterocycles. The van der Waals surface area contributed by atoms with Gasteiger partial charge in [0, 0.05) is 31.4 Å². The quantitative estimate of drug-likeness (QED) is 0.299. The lowest BCUT2D eigenvalue weighted by molar-refractivity contribution is -0.152. The zero-order chi connectivity index (χ0) is 24.0. The highest BCUT2D eigenvalue weighted by atomic mass is 16.6. The molecule has 4 heterocycles. The number of hydrogen-bond acceptors (Lipinski definition) is 10. The summed E-state index contributed by atoms with van der Waals surface area (Å²) in [5.41, 5.74) is 6.73. The number of amides is 1. The highest BCUT2D eigenvalue weighted by molar-refractivity contribution is 5.81. The van der Waals surface area contributed by atoms with Gasteiger partial charge in [0.25, 0.3) is 0 Å². The molecule has 4 fully saturated rings. The van der Waals surface area contributed by atoms with Crippen LogP contribution in [0.25, 0.3) is 0 Å². The number of hydrogen-bond donors (Lipinski definition) is 6. The Hall–Kier alpha value is -1.99. The average molecular weight is 491 g/mol.